The fourth-order valence-corrected chi connectivity index (χ4v) is 2.72. The molecule has 1 atom stereocenters. The molecule has 0 aliphatic carbocycles. The molecule has 0 spiro atoms. The van der Waals surface area contributed by atoms with Crippen LogP contribution in [0.15, 0.2) is 48.8 Å². The van der Waals surface area contributed by atoms with Gasteiger partial charge in [-0.25, -0.2) is 4.98 Å². The van der Waals surface area contributed by atoms with Crippen LogP contribution in [0.1, 0.15) is 24.9 Å². The Morgan fingerprint density at radius 3 is 2.62 bits per heavy atom. The van der Waals surface area contributed by atoms with Crippen LogP contribution in [0.5, 0.6) is 5.75 Å². The van der Waals surface area contributed by atoms with Gasteiger partial charge in [0.2, 0.25) is 0 Å². The number of anilines is 1. The third-order valence-corrected chi connectivity index (χ3v) is 3.82. The largest absolute Gasteiger partial charge is 0.497 e. The average Bonchev–Trinajstić information content (AvgIpc) is 2.92. The number of fused-ring (bicyclic) bond motifs is 1. The van der Waals surface area contributed by atoms with Gasteiger partial charge < -0.3 is 15.0 Å². The van der Waals surface area contributed by atoms with Gasteiger partial charge in [-0.1, -0.05) is 19.1 Å². The highest BCUT2D eigenvalue weighted by Gasteiger charge is 2.14. The predicted octanol–water partition coefficient (Wildman–Crippen LogP) is 3.63. The summed E-state index contributed by atoms with van der Waals surface area (Å²) in [4.78, 5) is 4.47. The van der Waals surface area contributed by atoms with E-state index in [0.29, 0.717) is 0 Å². The molecule has 0 saturated heterocycles. The number of benzene rings is 2. The van der Waals surface area contributed by atoms with Crippen LogP contribution in [0.25, 0.3) is 11.0 Å². The second kappa shape index (κ2) is 5.48. The van der Waals surface area contributed by atoms with Crippen LogP contribution in [0, 0.1) is 0 Å². The third-order valence-electron chi connectivity index (χ3n) is 3.82. The van der Waals surface area contributed by atoms with Gasteiger partial charge in [0.15, 0.2) is 0 Å². The molecule has 108 valence electrons. The van der Waals surface area contributed by atoms with Gasteiger partial charge in [0.05, 0.1) is 30.5 Å². The van der Waals surface area contributed by atoms with E-state index in [0.717, 1.165) is 28.9 Å². The van der Waals surface area contributed by atoms with E-state index < -0.39 is 0 Å². The molecule has 21 heavy (non-hydrogen) atoms. The maximum Gasteiger partial charge on any atom is 0.118 e. The summed E-state index contributed by atoms with van der Waals surface area (Å²) in [7, 11) is 1.68. The molecule has 2 N–H and O–H groups in total. The van der Waals surface area contributed by atoms with Crippen molar-refractivity contribution >= 4 is 16.7 Å². The van der Waals surface area contributed by atoms with E-state index >= 15 is 0 Å². The SMILES string of the molecule is CCC(c1ccc(OC)cc1)n1cnc2cc(N)ccc21. The van der Waals surface area contributed by atoms with E-state index in [1.165, 1.54) is 5.56 Å². The van der Waals surface area contributed by atoms with E-state index in [1.807, 2.05) is 36.7 Å². The molecule has 0 radical (unpaired) electrons. The molecular formula is C17H19N3O. The van der Waals surface area contributed by atoms with Crippen LogP contribution in [0.2, 0.25) is 0 Å². The molecule has 0 amide bonds. The van der Waals surface area contributed by atoms with Crippen LogP contribution in [-0.4, -0.2) is 16.7 Å². The Balaban J connectivity index is 2.04. The lowest BCUT2D eigenvalue weighted by molar-refractivity contribution is 0.414. The Morgan fingerprint density at radius 1 is 1.19 bits per heavy atom. The number of imidazole rings is 1. The summed E-state index contributed by atoms with van der Waals surface area (Å²) in [5.41, 5.74) is 9.84. The van der Waals surface area contributed by atoms with Gasteiger partial charge in [0, 0.05) is 5.69 Å². The quantitative estimate of drug-likeness (QED) is 0.743. The summed E-state index contributed by atoms with van der Waals surface area (Å²) in [5.74, 6) is 0.872. The Morgan fingerprint density at radius 2 is 1.95 bits per heavy atom. The number of methoxy groups -OCH3 is 1. The molecule has 2 aromatic carbocycles. The number of nitrogen functional groups attached to an aromatic ring is 1. The van der Waals surface area contributed by atoms with Gasteiger partial charge in [-0.05, 0) is 42.3 Å². The van der Waals surface area contributed by atoms with Crippen molar-refractivity contribution in [2.45, 2.75) is 19.4 Å². The highest BCUT2D eigenvalue weighted by atomic mass is 16.5. The molecule has 1 aromatic heterocycles. The third kappa shape index (κ3) is 2.44. The van der Waals surface area contributed by atoms with E-state index in [1.54, 1.807) is 7.11 Å². The zero-order chi connectivity index (χ0) is 14.8. The van der Waals surface area contributed by atoms with Crippen LogP contribution in [0.3, 0.4) is 0 Å². The minimum atomic E-state index is 0.254. The molecule has 0 aliphatic heterocycles. The Hall–Kier alpha value is -2.49. The van der Waals surface area contributed by atoms with Gasteiger partial charge in [-0.3, -0.25) is 0 Å². The standard InChI is InChI=1S/C17H19N3O/c1-3-16(12-4-7-14(21-2)8-5-12)20-11-19-15-10-13(18)6-9-17(15)20/h4-11,16H,3,18H2,1-2H3. The molecule has 3 aromatic rings. The van der Waals surface area contributed by atoms with Gasteiger partial charge in [0.1, 0.15) is 5.75 Å². The van der Waals surface area contributed by atoms with Crippen molar-refractivity contribution in [3.63, 3.8) is 0 Å². The number of hydrogen-bond donors (Lipinski definition) is 1. The summed E-state index contributed by atoms with van der Waals surface area (Å²) < 4.78 is 7.43. The Kier molecular flexibility index (Phi) is 3.52. The van der Waals surface area contributed by atoms with Gasteiger partial charge in [-0.15, -0.1) is 0 Å². The molecule has 0 saturated carbocycles. The first-order valence-electron chi connectivity index (χ1n) is 7.09. The molecule has 4 nitrogen and oxygen atoms in total. The summed E-state index contributed by atoms with van der Waals surface area (Å²) in [6, 6.07) is 14.3. The van der Waals surface area contributed by atoms with Crippen molar-refractivity contribution in [3.8, 4) is 5.75 Å². The van der Waals surface area contributed by atoms with E-state index in [4.69, 9.17) is 10.5 Å². The van der Waals surface area contributed by atoms with Crippen LogP contribution in [-0.2, 0) is 0 Å². The fourth-order valence-electron chi connectivity index (χ4n) is 2.72. The number of aromatic nitrogens is 2. The minimum absolute atomic E-state index is 0.254. The lowest BCUT2D eigenvalue weighted by atomic mass is 10.0. The molecule has 3 rings (SSSR count). The lowest BCUT2D eigenvalue weighted by Gasteiger charge is -2.18. The summed E-state index contributed by atoms with van der Waals surface area (Å²) >= 11 is 0. The topological polar surface area (TPSA) is 53.1 Å². The molecule has 0 bridgehead atoms. The summed E-state index contributed by atoms with van der Waals surface area (Å²) in [6.45, 7) is 2.18. The van der Waals surface area contributed by atoms with Gasteiger partial charge >= 0.3 is 0 Å². The first-order valence-corrected chi connectivity index (χ1v) is 7.09. The maximum absolute atomic E-state index is 5.82. The summed E-state index contributed by atoms with van der Waals surface area (Å²) in [5, 5.41) is 0. The second-order valence-corrected chi connectivity index (χ2v) is 5.10. The Labute approximate surface area is 124 Å². The van der Waals surface area contributed by atoms with Crippen molar-refractivity contribution in [1.82, 2.24) is 9.55 Å². The monoisotopic (exact) mass is 281 g/mol. The zero-order valence-electron chi connectivity index (χ0n) is 12.3. The second-order valence-electron chi connectivity index (χ2n) is 5.10. The minimum Gasteiger partial charge on any atom is -0.497 e. The molecule has 4 heteroatoms. The van der Waals surface area contributed by atoms with Gasteiger partial charge in [0.25, 0.3) is 0 Å². The van der Waals surface area contributed by atoms with E-state index in [9.17, 15) is 0 Å². The smallest absolute Gasteiger partial charge is 0.118 e. The highest BCUT2D eigenvalue weighted by Crippen LogP contribution is 2.28. The lowest BCUT2D eigenvalue weighted by Crippen LogP contribution is -2.08. The average molecular weight is 281 g/mol. The van der Waals surface area contributed by atoms with Gasteiger partial charge in [-0.2, -0.15) is 0 Å². The highest BCUT2D eigenvalue weighted by molar-refractivity contribution is 5.79. The van der Waals surface area contributed by atoms with E-state index in [-0.39, 0.29) is 6.04 Å². The van der Waals surface area contributed by atoms with Crippen LogP contribution >= 0.6 is 0 Å². The van der Waals surface area contributed by atoms with Crippen LogP contribution < -0.4 is 10.5 Å². The molecule has 1 heterocycles. The number of ether oxygens (including phenoxy) is 1. The van der Waals surface area contributed by atoms with Crippen molar-refractivity contribution in [2.75, 3.05) is 12.8 Å². The maximum atomic E-state index is 5.82. The molecule has 1 unspecified atom stereocenters. The first kappa shape index (κ1) is 13.5. The summed E-state index contributed by atoms with van der Waals surface area (Å²) in [6.07, 6.45) is 2.88. The number of rotatable bonds is 4. The first-order chi connectivity index (χ1) is 10.2. The van der Waals surface area contributed by atoms with Crippen molar-refractivity contribution in [1.29, 1.82) is 0 Å². The number of nitrogens with two attached hydrogens (primary N) is 1. The van der Waals surface area contributed by atoms with Crippen molar-refractivity contribution < 1.29 is 4.74 Å². The van der Waals surface area contributed by atoms with Crippen LogP contribution in [0.4, 0.5) is 5.69 Å². The Bertz CT molecular complexity index is 746. The number of nitrogens with zero attached hydrogens (tertiary/aromatic N) is 2. The zero-order valence-corrected chi connectivity index (χ0v) is 12.3. The predicted molar refractivity (Wildman–Crippen MR) is 85.6 cm³/mol. The normalized spacial score (nSPS) is 12.5. The molecule has 0 aliphatic rings. The number of hydrogen-bond acceptors (Lipinski definition) is 3. The molecular weight excluding hydrogens is 262 g/mol. The molecule has 0 fully saturated rings. The van der Waals surface area contributed by atoms with Crippen molar-refractivity contribution in [2.24, 2.45) is 0 Å². The van der Waals surface area contributed by atoms with E-state index in [2.05, 4.69) is 28.6 Å². The van der Waals surface area contributed by atoms with Crippen molar-refractivity contribution in [3.05, 3.63) is 54.4 Å². The fraction of sp³-hybridized carbons (Fsp3) is 0.235.